The minimum absolute atomic E-state index is 0.0603. The predicted octanol–water partition coefficient (Wildman–Crippen LogP) is 5.37. The normalized spacial score (nSPS) is 15.1. The van der Waals surface area contributed by atoms with Crippen molar-refractivity contribution in [1.82, 2.24) is 24.5 Å². The zero-order chi connectivity index (χ0) is 28.2. The summed E-state index contributed by atoms with van der Waals surface area (Å²) >= 11 is 8.20. The van der Waals surface area contributed by atoms with Crippen LogP contribution in [-0.2, 0) is 10.8 Å². The summed E-state index contributed by atoms with van der Waals surface area (Å²) in [6.45, 7) is 5.22. The van der Waals surface area contributed by atoms with Crippen molar-refractivity contribution >= 4 is 39.6 Å². The summed E-state index contributed by atoms with van der Waals surface area (Å²) in [6.07, 6.45) is 2.81. The van der Waals surface area contributed by atoms with Crippen LogP contribution in [0.15, 0.2) is 71.6 Å². The van der Waals surface area contributed by atoms with Crippen LogP contribution in [0.4, 0.5) is 0 Å². The lowest BCUT2D eigenvalue weighted by Crippen LogP contribution is -2.49. The van der Waals surface area contributed by atoms with Crippen LogP contribution < -0.4 is 0 Å². The Balaban J connectivity index is 1.41. The molecule has 2 aromatic heterocycles. The quantitative estimate of drug-likeness (QED) is 0.260. The molecule has 0 aliphatic carbocycles. The predicted molar refractivity (Wildman–Crippen MR) is 165 cm³/mol. The Morgan fingerprint density at radius 3 is 2.48 bits per heavy atom. The first-order chi connectivity index (χ1) is 19.3. The molecule has 1 unspecified atom stereocenters. The van der Waals surface area contributed by atoms with E-state index in [4.69, 9.17) is 16.7 Å². The van der Waals surface area contributed by atoms with Gasteiger partial charge in [-0.3, -0.25) is 13.9 Å². The number of hydrogen-bond acceptors (Lipinski definition) is 6. The molecule has 1 aliphatic heterocycles. The number of para-hydroxylation sites is 1. The Morgan fingerprint density at radius 2 is 1.75 bits per heavy atom. The summed E-state index contributed by atoms with van der Waals surface area (Å²) < 4.78 is 13.8. The molecule has 1 atom stereocenters. The number of halogens is 1. The number of benzene rings is 2. The molecule has 1 aliphatic rings. The van der Waals surface area contributed by atoms with Crippen LogP contribution in [0, 0.1) is 0 Å². The molecule has 4 aromatic rings. The van der Waals surface area contributed by atoms with Gasteiger partial charge in [-0.25, -0.2) is 4.68 Å². The number of carbonyl (C=O) groups is 1. The van der Waals surface area contributed by atoms with Gasteiger partial charge >= 0.3 is 0 Å². The summed E-state index contributed by atoms with van der Waals surface area (Å²) in [5.41, 5.74) is 2.95. The molecule has 0 saturated carbocycles. The van der Waals surface area contributed by atoms with Crippen molar-refractivity contribution in [3.05, 3.63) is 77.4 Å². The monoisotopic (exact) mass is 595 g/mol. The van der Waals surface area contributed by atoms with Gasteiger partial charge in [0.1, 0.15) is 0 Å². The third-order valence-electron chi connectivity index (χ3n) is 7.06. The summed E-state index contributed by atoms with van der Waals surface area (Å²) in [6, 6.07) is 21.3. The van der Waals surface area contributed by atoms with Crippen molar-refractivity contribution < 1.29 is 9.00 Å². The van der Waals surface area contributed by atoms with E-state index in [0.717, 1.165) is 64.2 Å². The Kier molecular flexibility index (Phi) is 9.17. The number of rotatable bonds is 9. The summed E-state index contributed by atoms with van der Waals surface area (Å²) in [4.78, 5) is 23.0. The second-order valence-corrected chi connectivity index (χ2v) is 13.1. The van der Waals surface area contributed by atoms with Crippen LogP contribution in [0.2, 0.25) is 5.02 Å². The molecule has 10 heteroatoms. The first kappa shape index (κ1) is 28.7. The molecule has 0 bridgehead atoms. The van der Waals surface area contributed by atoms with Crippen LogP contribution in [0.5, 0.6) is 0 Å². The molecule has 0 N–H and O–H groups in total. The molecule has 1 amide bonds. The minimum atomic E-state index is -1.06. The third kappa shape index (κ3) is 6.56. The molecule has 40 heavy (non-hydrogen) atoms. The number of piperazine rings is 1. The van der Waals surface area contributed by atoms with Gasteiger partial charge in [-0.2, -0.15) is 5.10 Å². The van der Waals surface area contributed by atoms with Gasteiger partial charge in [0, 0.05) is 53.0 Å². The molecular weight excluding hydrogens is 562 g/mol. The Hall–Kier alpha value is -2.82. The SMILES string of the molecule is CN(C)CCCN1CCN(C(=O)c2cc(-c3ccc(-c4cccc(S(C)=O)c4)s3)n(-c3ccccc3Cl)n2)CC1. The van der Waals surface area contributed by atoms with Gasteiger partial charge in [0.05, 0.1) is 21.3 Å². The van der Waals surface area contributed by atoms with E-state index in [-0.39, 0.29) is 5.91 Å². The third-order valence-corrected chi connectivity index (χ3v) is 9.45. The summed E-state index contributed by atoms with van der Waals surface area (Å²) in [5.74, 6) is -0.0603. The molecule has 210 valence electrons. The first-order valence-corrected chi connectivity index (χ1v) is 16.1. The molecule has 2 aromatic carbocycles. The van der Waals surface area contributed by atoms with E-state index in [1.165, 1.54) is 0 Å². The molecule has 3 heterocycles. The van der Waals surface area contributed by atoms with Crippen LogP contribution in [0.3, 0.4) is 0 Å². The summed E-state index contributed by atoms with van der Waals surface area (Å²) in [5, 5.41) is 5.35. The van der Waals surface area contributed by atoms with Crippen molar-refractivity contribution in [2.45, 2.75) is 11.3 Å². The van der Waals surface area contributed by atoms with E-state index in [9.17, 15) is 9.00 Å². The van der Waals surface area contributed by atoms with E-state index in [1.54, 1.807) is 22.3 Å². The number of aromatic nitrogens is 2. The maximum absolute atomic E-state index is 13.6. The van der Waals surface area contributed by atoms with Crippen molar-refractivity contribution in [2.75, 3.05) is 59.6 Å². The zero-order valence-corrected chi connectivity index (χ0v) is 25.4. The van der Waals surface area contributed by atoms with E-state index in [1.807, 2.05) is 65.6 Å². The lowest BCUT2D eigenvalue weighted by atomic mass is 10.2. The maximum atomic E-state index is 13.6. The van der Waals surface area contributed by atoms with Gasteiger partial charge in [-0.05, 0) is 81.6 Å². The molecular formula is C30H34ClN5O2S2. The Bertz CT molecular complexity index is 1510. The highest BCUT2D eigenvalue weighted by Crippen LogP contribution is 2.37. The standard InChI is InChI=1S/C30H34ClN5O2S2/c1-33(2)14-7-15-34-16-18-35(19-17-34)30(37)25-21-27(36(32-25)26-11-5-4-10-24(26)31)29-13-12-28(39-29)22-8-6-9-23(20-22)40(3)38/h4-6,8-13,20-21H,7,14-19H2,1-3H3. The van der Waals surface area contributed by atoms with E-state index < -0.39 is 10.8 Å². The second-order valence-electron chi connectivity index (χ2n) is 10.2. The first-order valence-electron chi connectivity index (χ1n) is 13.4. The number of hydrogen-bond donors (Lipinski definition) is 0. The van der Waals surface area contributed by atoms with Gasteiger partial charge in [0.15, 0.2) is 5.69 Å². The van der Waals surface area contributed by atoms with Crippen LogP contribution in [0.1, 0.15) is 16.9 Å². The average molecular weight is 596 g/mol. The molecule has 1 fully saturated rings. The van der Waals surface area contributed by atoms with Gasteiger partial charge in [-0.15, -0.1) is 11.3 Å². The smallest absolute Gasteiger partial charge is 0.274 e. The molecule has 1 saturated heterocycles. The number of carbonyl (C=O) groups excluding carboxylic acids is 1. The van der Waals surface area contributed by atoms with E-state index >= 15 is 0 Å². The van der Waals surface area contributed by atoms with Crippen molar-refractivity contribution in [3.63, 3.8) is 0 Å². The zero-order valence-electron chi connectivity index (χ0n) is 23.0. The van der Waals surface area contributed by atoms with Crippen molar-refractivity contribution in [2.24, 2.45) is 0 Å². The second kappa shape index (κ2) is 12.8. The highest BCUT2D eigenvalue weighted by atomic mass is 35.5. The van der Waals surface area contributed by atoms with Crippen molar-refractivity contribution in [3.8, 4) is 26.7 Å². The maximum Gasteiger partial charge on any atom is 0.274 e. The van der Waals surface area contributed by atoms with Crippen LogP contribution in [-0.4, -0.2) is 94.2 Å². The lowest BCUT2D eigenvalue weighted by molar-refractivity contribution is 0.0627. The fourth-order valence-electron chi connectivity index (χ4n) is 4.87. The largest absolute Gasteiger partial charge is 0.335 e. The van der Waals surface area contributed by atoms with Gasteiger partial charge in [0.25, 0.3) is 5.91 Å². The van der Waals surface area contributed by atoms with Gasteiger partial charge in [-0.1, -0.05) is 35.9 Å². The van der Waals surface area contributed by atoms with Crippen molar-refractivity contribution in [1.29, 1.82) is 0 Å². The number of amides is 1. The molecule has 5 rings (SSSR count). The van der Waals surface area contributed by atoms with E-state index in [2.05, 4.69) is 30.0 Å². The average Bonchev–Trinajstić information content (AvgIpc) is 3.61. The van der Waals surface area contributed by atoms with Crippen LogP contribution in [0.25, 0.3) is 26.7 Å². The topological polar surface area (TPSA) is 61.7 Å². The fourth-order valence-corrected chi connectivity index (χ4v) is 6.66. The lowest BCUT2D eigenvalue weighted by Gasteiger charge is -2.34. The highest BCUT2D eigenvalue weighted by molar-refractivity contribution is 7.84. The number of nitrogens with zero attached hydrogens (tertiary/aromatic N) is 5. The number of thiophene rings is 1. The summed E-state index contributed by atoms with van der Waals surface area (Å²) in [7, 11) is 3.13. The van der Waals surface area contributed by atoms with E-state index in [0.29, 0.717) is 23.8 Å². The minimum Gasteiger partial charge on any atom is -0.335 e. The molecule has 0 radical (unpaired) electrons. The fraction of sp³-hybridized carbons (Fsp3) is 0.333. The van der Waals surface area contributed by atoms with Gasteiger partial charge in [0.2, 0.25) is 0 Å². The van der Waals surface area contributed by atoms with Crippen LogP contribution >= 0.6 is 22.9 Å². The molecule has 0 spiro atoms. The highest BCUT2D eigenvalue weighted by Gasteiger charge is 2.26. The molecule has 7 nitrogen and oxygen atoms in total. The Morgan fingerprint density at radius 1 is 1.00 bits per heavy atom. The van der Waals surface area contributed by atoms with Gasteiger partial charge < -0.3 is 9.80 Å². The Labute approximate surface area is 247 Å².